The zero-order valence-electron chi connectivity index (χ0n) is 20.2. The number of carbonyl (C=O) groups is 1. The number of hydrogen-bond acceptors (Lipinski definition) is 5. The number of nitrogens with zero attached hydrogens (tertiary/aromatic N) is 1. The molecule has 0 unspecified atom stereocenters. The summed E-state index contributed by atoms with van der Waals surface area (Å²) < 4.78 is 12.6. The van der Waals surface area contributed by atoms with Crippen LogP contribution in [0.1, 0.15) is 78.1 Å². The van der Waals surface area contributed by atoms with Crippen LogP contribution in [0.25, 0.3) is 10.1 Å². The van der Waals surface area contributed by atoms with Gasteiger partial charge in [0.15, 0.2) is 5.78 Å². The number of likely N-dealkylation sites (tertiary alicyclic amines) is 1. The van der Waals surface area contributed by atoms with Gasteiger partial charge in [-0.15, -0.1) is 11.3 Å². The van der Waals surface area contributed by atoms with E-state index in [-0.39, 0.29) is 5.78 Å². The zero-order chi connectivity index (χ0) is 23.3. The molecule has 3 aromatic rings. The van der Waals surface area contributed by atoms with E-state index in [9.17, 15) is 4.79 Å². The number of fused-ring (bicyclic) bond motifs is 1. The van der Waals surface area contributed by atoms with Gasteiger partial charge in [-0.1, -0.05) is 25.7 Å². The number of hydrogen-bond donors (Lipinski definition) is 0. The second-order valence-corrected chi connectivity index (χ2v) is 10.7. The minimum absolute atomic E-state index is 0.122. The van der Waals surface area contributed by atoms with Crippen molar-refractivity contribution in [2.75, 3.05) is 33.4 Å². The molecule has 1 aromatic heterocycles. The molecule has 1 aliphatic carbocycles. The maximum Gasteiger partial charge on any atom is 0.194 e. The molecule has 0 radical (unpaired) electrons. The van der Waals surface area contributed by atoms with Crippen LogP contribution in [0.4, 0.5) is 0 Å². The van der Waals surface area contributed by atoms with Gasteiger partial charge >= 0.3 is 0 Å². The number of thiophene rings is 1. The van der Waals surface area contributed by atoms with E-state index in [0.717, 1.165) is 39.3 Å². The molecule has 1 saturated carbocycles. The molecule has 1 aliphatic heterocycles. The van der Waals surface area contributed by atoms with Crippen molar-refractivity contribution < 1.29 is 14.3 Å². The Labute approximate surface area is 206 Å². The summed E-state index contributed by atoms with van der Waals surface area (Å²) in [4.78, 5) is 17.5. The maximum absolute atomic E-state index is 13.8. The van der Waals surface area contributed by atoms with Gasteiger partial charge in [-0.05, 0) is 87.2 Å². The lowest BCUT2D eigenvalue weighted by molar-refractivity contribution is 0.103. The Morgan fingerprint density at radius 1 is 0.941 bits per heavy atom. The average Bonchev–Trinajstić information content (AvgIpc) is 3.28. The minimum atomic E-state index is 0.122. The summed E-state index contributed by atoms with van der Waals surface area (Å²) in [5.74, 6) is 2.28. The molecule has 5 heteroatoms. The molecule has 0 bridgehead atoms. The molecule has 1 saturated heterocycles. The van der Waals surface area contributed by atoms with E-state index in [1.54, 1.807) is 18.4 Å². The summed E-state index contributed by atoms with van der Waals surface area (Å²) in [6, 6.07) is 13.8. The van der Waals surface area contributed by atoms with Crippen molar-refractivity contribution in [2.45, 2.75) is 57.3 Å². The highest BCUT2D eigenvalue weighted by Gasteiger charge is 2.27. The highest BCUT2D eigenvalue weighted by molar-refractivity contribution is 7.19. The molecule has 0 amide bonds. The fraction of sp³-hybridized carbons (Fsp3) is 0.483. The first kappa shape index (κ1) is 23.4. The van der Waals surface area contributed by atoms with E-state index in [0.29, 0.717) is 12.5 Å². The van der Waals surface area contributed by atoms with Crippen molar-refractivity contribution in [3.63, 3.8) is 0 Å². The molecule has 0 spiro atoms. The molecule has 0 N–H and O–H groups in total. The van der Waals surface area contributed by atoms with E-state index < -0.39 is 0 Å². The second-order valence-electron chi connectivity index (χ2n) is 9.64. The highest BCUT2D eigenvalue weighted by atomic mass is 32.1. The first-order chi connectivity index (χ1) is 16.7. The third-order valence-corrected chi connectivity index (χ3v) is 8.68. The van der Waals surface area contributed by atoms with Crippen molar-refractivity contribution in [1.82, 2.24) is 4.90 Å². The number of piperidine rings is 1. The summed E-state index contributed by atoms with van der Waals surface area (Å²) in [5, 5.41) is 1.05. The summed E-state index contributed by atoms with van der Waals surface area (Å²) in [5.41, 5.74) is 1.63. The lowest BCUT2D eigenvalue weighted by Gasteiger charge is -2.26. The predicted octanol–water partition coefficient (Wildman–Crippen LogP) is 7.05. The molecule has 2 fully saturated rings. The molecule has 34 heavy (non-hydrogen) atoms. The lowest BCUT2D eigenvalue weighted by atomic mass is 9.85. The van der Waals surface area contributed by atoms with Gasteiger partial charge in [0.2, 0.25) is 0 Å². The Hall–Kier alpha value is -2.37. The smallest absolute Gasteiger partial charge is 0.194 e. The van der Waals surface area contributed by atoms with Gasteiger partial charge in [-0.2, -0.15) is 0 Å². The van der Waals surface area contributed by atoms with Gasteiger partial charge in [-0.25, -0.2) is 0 Å². The van der Waals surface area contributed by atoms with Crippen LogP contribution in [-0.2, 0) is 0 Å². The van der Waals surface area contributed by atoms with Crippen LogP contribution in [0.2, 0.25) is 0 Å². The van der Waals surface area contributed by atoms with Crippen molar-refractivity contribution in [3.05, 3.63) is 58.5 Å². The molecular formula is C29H35NO3S. The van der Waals surface area contributed by atoms with E-state index in [1.165, 1.54) is 69.3 Å². The Morgan fingerprint density at radius 2 is 1.65 bits per heavy atom. The molecule has 2 heterocycles. The molecule has 0 atom stereocenters. The van der Waals surface area contributed by atoms with Crippen LogP contribution in [0, 0.1) is 0 Å². The van der Waals surface area contributed by atoms with Crippen LogP contribution < -0.4 is 9.47 Å². The van der Waals surface area contributed by atoms with E-state index in [2.05, 4.69) is 17.0 Å². The molecule has 5 rings (SSSR count). The fourth-order valence-electron chi connectivity index (χ4n) is 5.43. The number of benzene rings is 2. The Kier molecular flexibility index (Phi) is 7.51. The standard InChI is InChI=1S/C29H35NO3S/c1-32-24-14-15-25-26(20-24)34-29(22-8-4-2-5-9-22)27(25)28(31)21-10-12-23(13-11-21)33-19-18-30-16-6-3-7-17-30/h10-15,20,22H,2-9,16-19H2,1H3. The van der Waals surface area contributed by atoms with Crippen LogP contribution in [0.3, 0.4) is 0 Å². The summed E-state index contributed by atoms with van der Waals surface area (Å²) >= 11 is 1.78. The first-order valence-corrected chi connectivity index (χ1v) is 13.6. The van der Waals surface area contributed by atoms with E-state index >= 15 is 0 Å². The Balaban J connectivity index is 1.35. The summed E-state index contributed by atoms with van der Waals surface area (Å²) in [6.07, 6.45) is 10.1. The van der Waals surface area contributed by atoms with E-state index in [1.807, 2.05) is 30.3 Å². The van der Waals surface area contributed by atoms with Gasteiger partial charge in [0.05, 0.1) is 7.11 Å². The van der Waals surface area contributed by atoms with Crippen LogP contribution in [0.15, 0.2) is 42.5 Å². The lowest BCUT2D eigenvalue weighted by Crippen LogP contribution is -2.33. The van der Waals surface area contributed by atoms with Crippen LogP contribution in [-0.4, -0.2) is 44.0 Å². The Bertz CT molecular complexity index is 1110. The highest BCUT2D eigenvalue weighted by Crippen LogP contribution is 2.44. The monoisotopic (exact) mass is 477 g/mol. The van der Waals surface area contributed by atoms with E-state index in [4.69, 9.17) is 9.47 Å². The number of ether oxygens (including phenoxy) is 2. The third-order valence-electron chi connectivity index (χ3n) is 7.37. The van der Waals surface area contributed by atoms with Crippen LogP contribution >= 0.6 is 11.3 Å². The summed E-state index contributed by atoms with van der Waals surface area (Å²) in [6.45, 7) is 4.02. The number of ketones is 1. The van der Waals surface area contributed by atoms with Gasteiger partial charge in [0, 0.05) is 32.6 Å². The predicted molar refractivity (Wildman–Crippen MR) is 140 cm³/mol. The number of methoxy groups -OCH3 is 1. The third kappa shape index (κ3) is 5.16. The molecule has 2 aliphatic rings. The topological polar surface area (TPSA) is 38.8 Å². The van der Waals surface area contributed by atoms with Crippen molar-refractivity contribution in [2.24, 2.45) is 0 Å². The minimum Gasteiger partial charge on any atom is -0.497 e. The van der Waals surface area contributed by atoms with Gasteiger partial charge in [-0.3, -0.25) is 9.69 Å². The van der Waals surface area contributed by atoms with Gasteiger partial charge in [0.1, 0.15) is 18.1 Å². The first-order valence-electron chi connectivity index (χ1n) is 12.8. The molecule has 4 nitrogen and oxygen atoms in total. The number of rotatable bonds is 8. The average molecular weight is 478 g/mol. The van der Waals surface area contributed by atoms with Gasteiger partial charge in [0.25, 0.3) is 0 Å². The largest absolute Gasteiger partial charge is 0.497 e. The molecular weight excluding hydrogens is 442 g/mol. The molecule has 2 aromatic carbocycles. The fourth-order valence-corrected chi connectivity index (χ4v) is 6.83. The number of carbonyl (C=O) groups excluding carboxylic acids is 1. The normalized spacial score (nSPS) is 17.7. The SMILES string of the molecule is COc1ccc2c(C(=O)c3ccc(OCCN4CCCCC4)cc3)c(C3CCCCC3)sc2c1. The summed E-state index contributed by atoms with van der Waals surface area (Å²) in [7, 11) is 1.69. The van der Waals surface area contributed by atoms with Crippen molar-refractivity contribution in [3.8, 4) is 11.5 Å². The Morgan fingerprint density at radius 3 is 2.38 bits per heavy atom. The zero-order valence-corrected chi connectivity index (χ0v) is 21.0. The second kappa shape index (κ2) is 10.9. The quantitative estimate of drug-likeness (QED) is 0.326. The maximum atomic E-state index is 13.8. The van der Waals surface area contributed by atoms with Crippen LogP contribution in [0.5, 0.6) is 11.5 Å². The van der Waals surface area contributed by atoms with Crippen molar-refractivity contribution in [1.29, 1.82) is 0 Å². The molecule has 180 valence electrons. The van der Waals surface area contributed by atoms with Gasteiger partial charge < -0.3 is 9.47 Å². The van der Waals surface area contributed by atoms with Crippen molar-refractivity contribution >= 4 is 27.2 Å².